The lowest BCUT2D eigenvalue weighted by molar-refractivity contribution is -0.129. The number of hydrogen-bond donors (Lipinski definition) is 1. The average molecular weight is 391 g/mol. The Morgan fingerprint density at radius 1 is 1.17 bits per heavy atom. The third-order valence-electron chi connectivity index (χ3n) is 5.05. The van der Waals surface area contributed by atoms with E-state index in [4.69, 9.17) is 4.74 Å². The van der Waals surface area contributed by atoms with E-state index in [1.165, 1.54) is 11.8 Å². The Morgan fingerprint density at radius 2 is 2.00 bits per heavy atom. The van der Waals surface area contributed by atoms with E-state index in [2.05, 4.69) is 5.32 Å². The van der Waals surface area contributed by atoms with Gasteiger partial charge in [0, 0.05) is 24.5 Å². The third-order valence-corrected chi connectivity index (χ3v) is 5.05. The van der Waals surface area contributed by atoms with Gasteiger partial charge in [-0.25, -0.2) is 4.79 Å². The van der Waals surface area contributed by atoms with Crippen LogP contribution in [-0.2, 0) is 14.3 Å². The van der Waals surface area contributed by atoms with Gasteiger partial charge in [-0.2, -0.15) is 0 Å². The van der Waals surface area contributed by atoms with Crippen LogP contribution in [0.15, 0.2) is 54.7 Å². The van der Waals surface area contributed by atoms with E-state index in [-0.39, 0.29) is 24.3 Å². The molecule has 7 heteroatoms. The second-order valence-electron chi connectivity index (χ2n) is 6.96. The van der Waals surface area contributed by atoms with Crippen molar-refractivity contribution in [1.82, 2.24) is 4.90 Å². The molecule has 2 heterocycles. The second kappa shape index (κ2) is 7.79. The van der Waals surface area contributed by atoms with E-state index < -0.39 is 6.09 Å². The molecule has 2 aromatic carbocycles. The molecule has 0 radical (unpaired) electrons. The van der Waals surface area contributed by atoms with Gasteiger partial charge in [0.15, 0.2) is 0 Å². The summed E-state index contributed by atoms with van der Waals surface area (Å²) in [6, 6.07) is 14.4. The lowest BCUT2D eigenvalue weighted by atomic mass is 9.93. The van der Waals surface area contributed by atoms with Crippen LogP contribution < -0.4 is 10.2 Å². The van der Waals surface area contributed by atoms with Gasteiger partial charge in [-0.05, 0) is 35.4 Å². The van der Waals surface area contributed by atoms with Crippen LogP contribution in [0.4, 0.5) is 16.2 Å². The summed E-state index contributed by atoms with van der Waals surface area (Å²) in [7, 11) is 0. The zero-order valence-corrected chi connectivity index (χ0v) is 16.0. The van der Waals surface area contributed by atoms with Gasteiger partial charge in [0.25, 0.3) is 0 Å². The van der Waals surface area contributed by atoms with Gasteiger partial charge in [0.1, 0.15) is 6.61 Å². The minimum absolute atomic E-state index is 0.122. The fraction of sp³-hybridized carbons (Fsp3) is 0.227. The lowest BCUT2D eigenvalue weighted by Crippen LogP contribution is -2.33. The highest BCUT2D eigenvalue weighted by molar-refractivity contribution is 5.94. The Labute approximate surface area is 168 Å². The smallest absolute Gasteiger partial charge is 0.414 e. The molecule has 1 saturated heterocycles. The minimum atomic E-state index is -0.392. The van der Waals surface area contributed by atoms with Gasteiger partial charge in [0.2, 0.25) is 11.8 Å². The maximum Gasteiger partial charge on any atom is 0.414 e. The number of amides is 3. The van der Waals surface area contributed by atoms with Gasteiger partial charge < -0.3 is 15.0 Å². The van der Waals surface area contributed by atoms with Crippen LogP contribution in [0, 0.1) is 0 Å². The summed E-state index contributed by atoms with van der Waals surface area (Å²) in [4.78, 5) is 39.7. The molecule has 0 bridgehead atoms. The summed E-state index contributed by atoms with van der Waals surface area (Å²) in [5.41, 5.74) is 3.19. The highest BCUT2D eigenvalue weighted by atomic mass is 16.6. The standard InChI is InChI=1S/C22H21N3O4/c1-15(26)24-10-9-16-5-2-3-8-19(16)20(24)14-21(27)23-17-6-4-7-18(13-17)25-11-12-29-22(25)28/h2-10,13,20H,11-12,14H2,1H3,(H,23,27)/t20-/m1/s1. The van der Waals surface area contributed by atoms with Crippen LogP contribution in [0.3, 0.4) is 0 Å². The number of cyclic esters (lactones) is 1. The topological polar surface area (TPSA) is 79.0 Å². The summed E-state index contributed by atoms with van der Waals surface area (Å²) < 4.78 is 4.96. The summed E-state index contributed by atoms with van der Waals surface area (Å²) in [6.45, 7) is 2.32. The molecule has 29 heavy (non-hydrogen) atoms. The molecule has 1 atom stereocenters. The number of fused-ring (bicyclic) bond motifs is 1. The molecular formula is C22H21N3O4. The van der Waals surface area contributed by atoms with Crippen LogP contribution in [0.1, 0.15) is 30.5 Å². The number of rotatable bonds is 4. The lowest BCUT2D eigenvalue weighted by Gasteiger charge is -2.32. The molecule has 2 aromatic rings. The summed E-state index contributed by atoms with van der Waals surface area (Å²) >= 11 is 0. The number of carbonyl (C=O) groups excluding carboxylic acids is 3. The number of hydrogen-bond acceptors (Lipinski definition) is 4. The Bertz CT molecular complexity index is 1000. The molecule has 148 valence electrons. The maximum atomic E-state index is 12.8. The van der Waals surface area contributed by atoms with Crippen molar-refractivity contribution in [2.75, 3.05) is 23.4 Å². The van der Waals surface area contributed by atoms with E-state index in [0.717, 1.165) is 11.1 Å². The van der Waals surface area contributed by atoms with Crippen LogP contribution in [-0.4, -0.2) is 36.0 Å². The van der Waals surface area contributed by atoms with Crippen molar-refractivity contribution in [2.24, 2.45) is 0 Å². The quantitative estimate of drug-likeness (QED) is 0.865. The largest absolute Gasteiger partial charge is 0.447 e. The van der Waals surface area contributed by atoms with E-state index in [1.807, 2.05) is 30.3 Å². The van der Waals surface area contributed by atoms with Gasteiger partial charge in [0.05, 0.1) is 19.0 Å². The predicted molar refractivity (Wildman–Crippen MR) is 109 cm³/mol. The Hall–Kier alpha value is -3.61. The fourth-order valence-electron chi connectivity index (χ4n) is 3.68. The Morgan fingerprint density at radius 3 is 2.76 bits per heavy atom. The first kappa shape index (κ1) is 18.7. The summed E-state index contributed by atoms with van der Waals surface area (Å²) in [5, 5.41) is 2.88. The van der Waals surface area contributed by atoms with Crippen molar-refractivity contribution in [3.63, 3.8) is 0 Å². The normalized spacial score (nSPS) is 17.7. The zero-order chi connectivity index (χ0) is 20.4. The highest BCUT2D eigenvalue weighted by Crippen LogP contribution is 2.33. The molecule has 1 fully saturated rings. The van der Waals surface area contributed by atoms with E-state index in [1.54, 1.807) is 35.4 Å². The predicted octanol–water partition coefficient (Wildman–Crippen LogP) is 3.55. The second-order valence-corrected chi connectivity index (χ2v) is 6.96. The third kappa shape index (κ3) is 3.85. The number of nitrogens with zero attached hydrogens (tertiary/aromatic N) is 2. The van der Waals surface area contributed by atoms with Gasteiger partial charge in [-0.3, -0.25) is 14.5 Å². The number of ether oxygens (including phenoxy) is 1. The van der Waals surface area contributed by atoms with Crippen molar-refractivity contribution in [3.05, 3.63) is 65.9 Å². The van der Waals surface area contributed by atoms with Crippen molar-refractivity contribution in [1.29, 1.82) is 0 Å². The molecule has 0 aromatic heterocycles. The van der Waals surface area contributed by atoms with Crippen molar-refractivity contribution in [3.8, 4) is 0 Å². The van der Waals surface area contributed by atoms with E-state index >= 15 is 0 Å². The molecule has 0 spiro atoms. The first-order chi connectivity index (χ1) is 14.0. The van der Waals surface area contributed by atoms with Crippen LogP contribution in [0.25, 0.3) is 6.08 Å². The van der Waals surface area contributed by atoms with E-state index in [0.29, 0.717) is 24.5 Å². The number of anilines is 2. The fourth-order valence-corrected chi connectivity index (χ4v) is 3.68. The minimum Gasteiger partial charge on any atom is -0.447 e. The highest BCUT2D eigenvalue weighted by Gasteiger charge is 2.28. The van der Waals surface area contributed by atoms with Crippen molar-refractivity contribution >= 4 is 35.4 Å². The van der Waals surface area contributed by atoms with Gasteiger partial charge in [-0.15, -0.1) is 0 Å². The van der Waals surface area contributed by atoms with Crippen LogP contribution in [0.5, 0.6) is 0 Å². The monoisotopic (exact) mass is 391 g/mol. The maximum absolute atomic E-state index is 12.8. The Kier molecular flexibility index (Phi) is 5.03. The Balaban J connectivity index is 1.51. The van der Waals surface area contributed by atoms with Crippen molar-refractivity contribution in [2.45, 2.75) is 19.4 Å². The SMILES string of the molecule is CC(=O)N1C=Cc2ccccc2[C@H]1CC(=O)Nc1cccc(N2CCOC2=O)c1. The average Bonchev–Trinajstić information content (AvgIpc) is 3.14. The number of benzene rings is 2. The summed E-state index contributed by atoms with van der Waals surface area (Å²) in [5.74, 6) is -0.337. The summed E-state index contributed by atoms with van der Waals surface area (Å²) in [6.07, 6.45) is 3.33. The molecule has 0 saturated carbocycles. The van der Waals surface area contributed by atoms with Gasteiger partial charge >= 0.3 is 6.09 Å². The van der Waals surface area contributed by atoms with Crippen molar-refractivity contribution < 1.29 is 19.1 Å². The van der Waals surface area contributed by atoms with E-state index in [9.17, 15) is 14.4 Å². The molecule has 0 aliphatic carbocycles. The molecular weight excluding hydrogens is 370 g/mol. The first-order valence-corrected chi connectivity index (χ1v) is 9.43. The number of carbonyl (C=O) groups is 3. The molecule has 2 aliphatic rings. The van der Waals surface area contributed by atoms with Gasteiger partial charge in [-0.1, -0.05) is 30.3 Å². The molecule has 1 N–H and O–H groups in total. The molecule has 2 aliphatic heterocycles. The first-order valence-electron chi connectivity index (χ1n) is 9.43. The molecule has 4 rings (SSSR count). The van der Waals surface area contributed by atoms with Crippen LogP contribution >= 0.6 is 0 Å². The molecule has 7 nitrogen and oxygen atoms in total. The molecule has 3 amide bonds. The number of nitrogens with one attached hydrogen (secondary N) is 1. The van der Waals surface area contributed by atoms with Crippen LogP contribution in [0.2, 0.25) is 0 Å². The molecule has 0 unspecified atom stereocenters. The zero-order valence-electron chi connectivity index (χ0n) is 16.0.